The number of carboxylic acids is 1. The van der Waals surface area contributed by atoms with Crippen LogP contribution in [0.25, 0.3) is 22.1 Å². The summed E-state index contributed by atoms with van der Waals surface area (Å²) in [4.78, 5) is 130. The number of amides is 4. The summed E-state index contributed by atoms with van der Waals surface area (Å²) in [6, 6.07) is 5.93. The summed E-state index contributed by atoms with van der Waals surface area (Å²) in [7, 11) is -8.01. The van der Waals surface area contributed by atoms with E-state index in [4.69, 9.17) is 34.6 Å². The number of rotatable bonds is 12. The van der Waals surface area contributed by atoms with E-state index in [1.807, 2.05) is 51.0 Å². The van der Waals surface area contributed by atoms with Gasteiger partial charge in [-0.25, -0.2) is 67.9 Å². The SMILES string of the molecule is C.C.C.C.CC1(S(=O)(=O)NC(=O)[C@@]2(N)C[C@H]2C(F)F)CC1.C[C@@H]1[C@@H]2CN(C(=O)[C@H](C(C)(C)C)CC(=O)O[C@@H]3C[C@@H]4C[C@@H]4[C@H]3CCCCCc3nc4ccc(F)cc4nc3O2)[C@@H]1C(=O)C[C@]1(C(=O)NS(=O)(=O)C2(C)CC2)C[C@H]1C(F)F.C[C@@H]1[C@@H]2CN(C(=O)[C@H](C(C)(C)C)CC(=O)O[C@@H]3C[C@@H]4C[C@@H]4[C@H]3CCCCCc3nc4ccc(F)cc4nc3O2)[C@@H]1C(=O)O. The molecule has 0 unspecified atom stereocenters. The molecule has 8 saturated carbocycles. The lowest BCUT2D eigenvalue weighted by molar-refractivity contribution is -0.160. The van der Waals surface area contributed by atoms with E-state index in [9.17, 15) is 86.6 Å². The molecule has 5 N–H and O–H groups in total. The first kappa shape index (κ1) is 97.3. The predicted octanol–water partition coefficient (Wildman–Crippen LogP) is 14.0. The zero-order chi connectivity index (χ0) is 86.1. The quantitative estimate of drug-likeness (QED) is 0.0756. The van der Waals surface area contributed by atoms with Gasteiger partial charge in [0.25, 0.3) is 5.91 Å². The van der Waals surface area contributed by atoms with Crippen molar-refractivity contribution in [2.45, 2.75) is 311 Å². The maximum absolute atomic E-state index is 14.9. The first-order chi connectivity index (χ1) is 55.7. The van der Waals surface area contributed by atoms with E-state index in [0.717, 1.165) is 70.6 Å². The molecule has 4 amide bonds. The van der Waals surface area contributed by atoms with Crippen LogP contribution in [0.15, 0.2) is 36.4 Å². The number of aromatic nitrogens is 4. The van der Waals surface area contributed by atoms with E-state index in [-0.39, 0.29) is 103 Å². The molecular weight excluding hydrogens is 1650 g/mol. The van der Waals surface area contributed by atoms with Gasteiger partial charge in [-0.1, -0.05) is 111 Å². The molecule has 10 fully saturated rings. The molecule has 684 valence electrons. The van der Waals surface area contributed by atoms with Crippen molar-refractivity contribution in [2.24, 2.45) is 93.0 Å². The average Bonchev–Trinajstić information content (AvgIpc) is 1.55. The summed E-state index contributed by atoms with van der Waals surface area (Å²) in [5, 5.41) is 10.2. The van der Waals surface area contributed by atoms with Crippen LogP contribution in [0.2, 0.25) is 0 Å². The molecule has 8 aliphatic carbocycles. The Morgan fingerprint density at radius 1 is 0.545 bits per heavy atom. The van der Waals surface area contributed by atoms with Crippen molar-refractivity contribution in [3.8, 4) is 11.8 Å². The van der Waals surface area contributed by atoms with E-state index in [0.29, 0.717) is 96.1 Å². The van der Waals surface area contributed by atoms with Gasteiger partial charge in [0, 0.05) is 42.2 Å². The lowest BCUT2D eigenvalue weighted by Gasteiger charge is -2.35. The van der Waals surface area contributed by atoms with Crippen molar-refractivity contribution in [2.75, 3.05) is 13.1 Å². The second-order valence-electron chi connectivity index (χ2n) is 39.0. The fourth-order valence-electron chi connectivity index (χ4n) is 19.6. The van der Waals surface area contributed by atoms with Gasteiger partial charge in [0.15, 0.2) is 5.78 Å². The van der Waals surface area contributed by atoms with E-state index in [2.05, 4.69) is 9.97 Å². The van der Waals surface area contributed by atoms with E-state index in [1.165, 1.54) is 54.3 Å². The van der Waals surface area contributed by atoms with Crippen LogP contribution in [0.1, 0.15) is 245 Å². The Morgan fingerprint density at radius 2 is 0.951 bits per heavy atom. The van der Waals surface area contributed by atoms with Crippen molar-refractivity contribution in [3.05, 3.63) is 59.4 Å². The first-order valence-electron chi connectivity index (χ1n) is 42.2. The van der Waals surface area contributed by atoms with Gasteiger partial charge in [0.05, 0.1) is 80.8 Å². The number of fused-ring (bicyclic) bond motifs is 14. The molecule has 0 spiro atoms. The molecule has 2 aromatic heterocycles. The Hall–Kier alpha value is -7.88. The summed E-state index contributed by atoms with van der Waals surface area (Å²) < 4.78 is 158. The van der Waals surface area contributed by atoms with Crippen molar-refractivity contribution < 1.29 is 106 Å². The van der Waals surface area contributed by atoms with Crippen LogP contribution >= 0.6 is 0 Å². The number of alkyl halides is 4. The molecule has 12 aliphatic rings. The highest BCUT2D eigenvalue weighted by Gasteiger charge is 2.68. The molecule has 2 saturated heterocycles. The molecule has 2 aromatic carbocycles. The standard InChI is InChI=1S/C43H55F3N4O8S.C33H42FN3O6.C9H14F2N2O3S.4CH4/c1-22-34-21-50(36(22)32(51)20-43(19-28(43)37(45)46)40(54)49-59(55,56)42(5)13-14-42)39(53)27(41(2,3)4)18-35(52)57-33-16-23-15-26(23)25(33)9-7-6-8-10-30-38(58-34)48-31-17-24(44)11-12-29(31)47-30;1-17-27-16-37(29(17)32(40)41)31(39)22(33(2,3)4)15-28(38)42-26-13-18-12-21(18)20(26)8-6-5-7-9-24-30(43-27)36-25-14-19(34)10-11-23(25)35-24;1-8(2-3-8)17(15,16)13-7(14)9(12)4-5(9)6(10)11;;;;/h11-12,17,22-23,25-28,33-34,36-37H,6-10,13-16,18-21H2,1-5H3,(H,49,54);10-11,14,17-18,20-22,26-27,29H,5-9,12-13,15-16H2,1-4H3,(H,40,41);5-6H,2-4,12H2,1H3,(H,13,14);4*1H4/t22-,23+,25-,26+,27-,28+,33-,34+,36+,43-;17-,18+,20-,21+,22-,26-,27+,29+;5-,9+;;;;/m110..../s1. The first-order valence-corrected chi connectivity index (χ1v) is 45.2. The average molecular weight is 1770 g/mol. The predicted molar refractivity (Wildman–Crippen MR) is 447 cm³/mol. The van der Waals surface area contributed by atoms with E-state index >= 15 is 0 Å². The minimum Gasteiger partial charge on any atom is -0.480 e. The summed E-state index contributed by atoms with van der Waals surface area (Å²) in [6.07, 6.45) is 4.53. The molecule has 20 atom stereocenters. The molecule has 26 nitrogen and oxygen atoms in total. The van der Waals surface area contributed by atoms with Gasteiger partial charge < -0.3 is 39.6 Å². The number of sulfonamides is 2. The highest BCUT2D eigenvalue weighted by atomic mass is 32.2. The van der Waals surface area contributed by atoms with Gasteiger partial charge >= 0.3 is 17.9 Å². The van der Waals surface area contributed by atoms with Gasteiger partial charge in [-0.05, 0) is 187 Å². The van der Waals surface area contributed by atoms with Crippen LogP contribution in [0, 0.1) is 98.9 Å². The third-order valence-corrected chi connectivity index (χ3v) is 32.7. The van der Waals surface area contributed by atoms with Crippen LogP contribution in [-0.2, 0) is 80.7 Å². The van der Waals surface area contributed by atoms with Gasteiger partial charge in [-0.15, -0.1) is 0 Å². The Balaban J connectivity index is 0.000000216. The smallest absolute Gasteiger partial charge is 0.326 e. The normalized spacial score (nSPS) is 33.0. The maximum Gasteiger partial charge on any atom is 0.326 e. The number of aliphatic carboxylic acids is 1. The summed E-state index contributed by atoms with van der Waals surface area (Å²) in [5.74, 6) is -9.46. The van der Waals surface area contributed by atoms with Gasteiger partial charge in [0.2, 0.25) is 62.4 Å². The molecule has 16 rings (SSSR count). The number of carbonyl (C=O) groups excluding carboxylic acids is 7. The molecular formula is C89H127F6N9O17S2. The minimum atomic E-state index is -4.21. The highest BCUT2D eigenvalue weighted by molar-refractivity contribution is 7.92. The number of halogens is 6. The van der Waals surface area contributed by atoms with Gasteiger partial charge in [0.1, 0.15) is 59.0 Å². The monoisotopic (exact) mass is 1770 g/mol. The second-order valence-corrected chi connectivity index (χ2v) is 43.4. The number of ether oxygens (including phenoxy) is 4. The largest absolute Gasteiger partial charge is 0.480 e. The Morgan fingerprint density at radius 3 is 1.33 bits per heavy atom. The third-order valence-electron chi connectivity index (χ3n) is 28.4. The lowest BCUT2D eigenvalue weighted by atomic mass is 9.77. The minimum absolute atomic E-state index is 0. The Bertz CT molecular complexity index is 4910. The number of hydrogen-bond donors (Lipinski definition) is 4. The van der Waals surface area contributed by atoms with E-state index in [1.54, 1.807) is 26.0 Å². The highest BCUT2D eigenvalue weighted by Crippen LogP contribution is 2.62. The fourth-order valence-corrected chi connectivity index (χ4v) is 22.2. The topological polar surface area (TPSA) is 370 Å². The number of nitrogens with one attached hydrogen (secondary N) is 2. The van der Waals surface area contributed by atoms with E-state index < -0.39 is 190 Å². The summed E-state index contributed by atoms with van der Waals surface area (Å²) in [5.41, 5.74) is 3.14. The molecule has 6 heterocycles. The van der Waals surface area contributed by atoms with Crippen LogP contribution < -0.4 is 24.7 Å². The van der Waals surface area contributed by atoms with Crippen molar-refractivity contribution >= 4 is 89.4 Å². The fraction of sp³-hybridized carbons (Fsp3) is 0.730. The number of aryl methyl sites for hydroxylation is 2. The number of nitrogens with two attached hydrogens (primary N) is 1. The number of carboxylic acid groups (broad SMARTS) is 1. The number of ketones is 1. The molecule has 4 bridgehead atoms. The molecule has 34 heteroatoms. The number of esters is 2. The van der Waals surface area contributed by atoms with Gasteiger partial charge in [-0.2, -0.15) is 0 Å². The van der Waals surface area contributed by atoms with Crippen molar-refractivity contribution in [1.29, 1.82) is 0 Å². The van der Waals surface area contributed by atoms with Gasteiger partial charge in [-0.3, -0.25) is 43.0 Å². The molecule has 0 radical (unpaired) electrons. The summed E-state index contributed by atoms with van der Waals surface area (Å²) in [6.45, 7) is 17.4. The molecule has 4 aliphatic heterocycles. The molecule has 4 aromatic rings. The van der Waals surface area contributed by atoms with Crippen molar-refractivity contribution in [3.63, 3.8) is 0 Å². The molecule has 123 heavy (non-hydrogen) atoms. The van der Waals surface area contributed by atoms with Crippen LogP contribution in [0.5, 0.6) is 11.8 Å². The Kier molecular flexibility index (Phi) is 28.6. The third kappa shape index (κ3) is 20.1. The number of benzene rings is 2. The number of carbonyl (C=O) groups is 8. The zero-order valence-corrected chi connectivity index (χ0v) is 70.6. The van der Waals surface area contributed by atoms with Crippen molar-refractivity contribution in [1.82, 2.24) is 39.2 Å². The summed E-state index contributed by atoms with van der Waals surface area (Å²) >= 11 is 0. The number of Topliss-reactive ketones (excluding diaryl/α,β-unsaturated/α-hetero) is 1. The number of hydrogen-bond acceptors (Lipinski definition) is 21. The second kappa shape index (κ2) is 36.1. The zero-order valence-electron chi connectivity index (χ0n) is 69.0. The van der Waals surface area contributed by atoms with Crippen LogP contribution in [-0.4, -0.2) is 176 Å². The maximum atomic E-state index is 14.9. The lowest BCUT2D eigenvalue weighted by Crippen LogP contribution is -2.50. The van der Waals surface area contributed by atoms with Crippen LogP contribution in [0.4, 0.5) is 26.3 Å². The van der Waals surface area contributed by atoms with Crippen LogP contribution in [0.3, 0.4) is 0 Å². The Labute approximate surface area is 718 Å². The number of nitrogens with zero attached hydrogens (tertiary/aromatic N) is 6.